The van der Waals surface area contributed by atoms with E-state index in [1.54, 1.807) is 41.5 Å². The number of rotatable bonds is 10. The quantitative estimate of drug-likeness (QED) is 0.212. The van der Waals surface area contributed by atoms with Crippen LogP contribution in [0.4, 0.5) is 22.8 Å². The van der Waals surface area contributed by atoms with Crippen LogP contribution in [0.5, 0.6) is 5.75 Å². The van der Waals surface area contributed by atoms with Crippen molar-refractivity contribution in [2.24, 2.45) is 11.8 Å². The molecule has 0 radical (unpaired) electrons. The van der Waals surface area contributed by atoms with Crippen molar-refractivity contribution in [3.8, 4) is 5.75 Å². The Morgan fingerprint density at radius 3 is 2.02 bits per heavy atom. The molecule has 0 unspecified atom stereocenters. The third-order valence-electron chi connectivity index (χ3n) is 5.91. The van der Waals surface area contributed by atoms with E-state index in [2.05, 4.69) is 36.1 Å². The lowest BCUT2D eigenvalue weighted by Gasteiger charge is -2.32. The van der Waals surface area contributed by atoms with Gasteiger partial charge in [0.25, 0.3) is 0 Å². The van der Waals surface area contributed by atoms with Gasteiger partial charge in [0.15, 0.2) is 5.75 Å². The van der Waals surface area contributed by atoms with Crippen molar-refractivity contribution in [2.75, 3.05) is 19.8 Å². The molecule has 2 amide bonds. The number of hydrogen-bond donors (Lipinski definition) is 3. The molecule has 1 aromatic carbocycles. The summed E-state index contributed by atoms with van der Waals surface area (Å²) >= 11 is 3.02. The van der Waals surface area contributed by atoms with Crippen molar-refractivity contribution < 1.29 is 45.4 Å². The number of nitrogens with one attached hydrogen (secondary N) is 3. The predicted molar refractivity (Wildman–Crippen MR) is 152 cm³/mol. The van der Waals surface area contributed by atoms with Gasteiger partial charge in [-0.25, -0.2) is 33.2 Å². The lowest BCUT2D eigenvalue weighted by Crippen LogP contribution is -2.52. The summed E-state index contributed by atoms with van der Waals surface area (Å²) in [6.07, 6.45) is -3.69. The van der Waals surface area contributed by atoms with Gasteiger partial charge in [-0.15, -0.1) is 13.2 Å². The molecule has 0 aromatic heterocycles. The number of alkyl carbamates (subject to hydrolysis) is 1. The molecule has 2 rings (SSSR count). The normalized spacial score (nSPS) is 18.2. The molecule has 42 heavy (non-hydrogen) atoms. The van der Waals surface area contributed by atoms with Crippen LogP contribution in [0.2, 0.25) is 0 Å². The zero-order valence-electron chi connectivity index (χ0n) is 24.6. The highest BCUT2D eigenvalue weighted by molar-refractivity contribution is 9.10. The zero-order chi connectivity index (χ0) is 31.9. The van der Waals surface area contributed by atoms with Crippen LogP contribution in [0, 0.1) is 11.8 Å². The highest BCUT2D eigenvalue weighted by Crippen LogP contribution is 2.33. The lowest BCUT2D eigenvalue weighted by molar-refractivity contribution is -0.275. The minimum absolute atomic E-state index is 0.0331. The molecule has 11 nitrogen and oxygen atoms in total. The van der Waals surface area contributed by atoms with Gasteiger partial charge in [0.2, 0.25) is 10.0 Å². The molecule has 0 aliphatic heterocycles. The van der Waals surface area contributed by atoms with Crippen molar-refractivity contribution in [3.63, 3.8) is 0 Å². The third kappa shape index (κ3) is 13.3. The minimum atomic E-state index is -5.05. The number of alkyl halides is 3. The number of halogens is 4. The Labute approximate surface area is 253 Å². The Bertz CT molecular complexity index is 1180. The monoisotopic (exact) mass is 688 g/mol. The molecular formula is C26H40BrF3N4O7S. The summed E-state index contributed by atoms with van der Waals surface area (Å²) < 4.78 is 81.3. The van der Waals surface area contributed by atoms with E-state index in [0.29, 0.717) is 32.2 Å². The Balaban J connectivity index is 1.92. The second-order valence-electron chi connectivity index (χ2n) is 12.0. The third-order valence-corrected chi connectivity index (χ3v) is 7.87. The van der Waals surface area contributed by atoms with Gasteiger partial charge in [-0.2, -0.15) is 0 Å². The Kier molecular flexibility index (Phi) is 12.3. The highest BCUT2D eigenvalue weighted by Gasteiger charge is 2.35. The van der Waals surface area contributed by atoms with E-state index in [1.165, 1.54) is 6.07 Å². The Hall–Kier alpha value is -2.30. The van der Waals surface area contributed by atoms with Crippen molar-refractivity contribution >= 4 is 38.1 Å². The van der Waals surface area contributed by atoms with Crippen LogP contribution in [0.1, 0.15) is 67.2 Å². The standard InChI is InChI=1S/C26H40BrF3N4O7S/c1-24(2,3)40-22(35)31-16-34(23(36)41-25(4,5)6)32-14-17-7-9-18(10-8-17)15-33-42(37,38)21-12-11-19(27)13-20(21)39-26(28,29)30/h11-13,17-18,32-33H,7-10,14-16H2,1-6H3,(H,31,35)/t17-,18-. The second-order valence-corrected chi connectivity index (χ2v) is 14.6. The number of amides is 2. The molecule has 1 aromatic rings. The number of carbonyl (C=O) groups is 2. The van der Waals surface area contributed by atoms with E-state index < -0.39 is 50.4 Å². The number of carbonyl (C=O) groups excluding carboxylic acids is 2. The number of hydrazine groups is 1. The first kappa shape index (κ1) is 35.9. The van der Waals surface area contributed by atoms with E-state index in [0.717, 1.165) is 17.1 Å². The molecule has 1 fully saturated rings. The van der Waals surface area contributed by atoms with Crippen molar-refractivity contribution in [3.05, 3.63) is 22.7 Å². The zero-order valence-corrected chi connectivity index (χ0v) is 27.0. The molecular weight excluding hydrogens is 649 g/mol. The van der Waals surface area contributed by atoms with E-state index in [4.69, 9.17) is 9.47 Å². The Morgan fingerprint density at radius 2 is 1.50 bits per heavy atom. The maximum Gasteiger partial charge on any atom is 0.573 e. The summed E-state index contributed by atoms with van der Waals surface area (Å²) in [5.41, 5.74) is 1.55. The first-order valence-corrected chi connectivity index (χ1v) is 15.7. The highest BCUT2D eigenvalue weighted by atomic mass is 79.9. The van der Waals surface area contributed by atoms with Crippen LogP contribution in [-0.2, 0) is 19.5 Å². The average Bonchev–Trinajstić information content (AvgIpc) is 2.80. The van der Waals surface area contributed by atoms with E-state index >= 15 is 0 Å². The maximum absolute atomic E-state index is 12.8. The molecule has 3 N–H and O–H groups in total. The van der Waals surface area contributed by atoms with E-state index in [1.807, 2.05) is 0 Å². The summed E-state index contributed by atoms with van der Waals surface area (Å²) in [5.74, 6) is -0.716. The minimum Gasteiger partial charge on any atom is -0.444 e. The van der Waals surface area contributed by atoms with Gasteiger partial charge < -0.3 is 19.5 Å². The molecule has 240 valence electrons. The average molecular weight is 690 g/mol. The van der Waals surface area contributed by atoms with Gasteiger partial charge in [-0.05, 0) is 97.3 Å². The van der Waals surface area contributed by atoms with Crippen LogP contribution in [0.15, 0.2) is 27.6 Å². The number of nitrogens with zero attached hydrogens (tertiary/aromatic N) is 1. The number of benzene rings is 1. The van der Waals surface area contributed by atoms with Gasteiger partial charge in [0.05, 0.1) is 0 Å². The van der Waals surface area contributed by atoms with Crippen LogP contribution in [0.25, 0.3) is 0 Å². The number of hydrogen-bond acceptors (Lipinski definition) is 8. The summed E-state index contributed by atoms with van der Waals surface area (Å²) in [4.78, 5) is 24.2. The molecule has 16 heteroatoms. The molecule has 1 aliphatic carbocycles. The smallest absolute Gasteiger partial charge is 0.444 e. The molecule has 0 heterocycles. The van der Waals surface area contributed by atoms with Crippen LogP contribution in [0.3, 0.4) is 0 Å². The van der Waals surface area contributed by atoms with Gasteiger partial charge >= 0.3 is 18.5 Å². The molecule has 1 aliphatic rings. The summed E-state index contributed by atoms with van der Waals surface area (Å²) in [6, 6.07) is 3.31. The van der Waals surface area contributed by atoms with E-state index in [-0.39, 0.29) is 29.5 Å². The molecule has 0 saturated heterocycles. The molecule has 1 saturated carbocycles. The maximum atomic E-state index is 12.8. The fourth-order valence-corrected chi connectivity index (χ4v) is 5.62. The lowest BCUT2D eigenvalue weighted by atomic mass is 9.82. The van der Waals surface area contributed by atoms with Gasteiger partial charge in [-0.3, -0.25) is 0 Å². The van der Waals surface area contributed by atoms with Gasteiger partial charge in [0, 0.05) is 17.6 Å². The fourth-order valence-electron chi connectivity index (χ4n) is 4.05. The van der Waals surface area contributed by atoms with Crippen molar-refractivity contribution in [2.45, 2.75) is 89.7 Å². The van der Waals surface area contributed by atoms with Gasteiger partial charge in [-0.1, -0.05) is 15.9 Å². The first-order chi connectivity index (χ1) is 19.1. The topological polar surface area (TPSA) is 135 Å². The summed E-state index contributed by atoms with van der Waals surface area (Å²) in [6.45, 7) is 10.6. The fraction of sp³-hybridized carbons (Fsp3) is 0.692. The largest absolute Gasteiger partial charge is 0.573 e. The second kappa shape index (κ2) is 14.4. The molecule has 0 bridgehead atoms. The van der Waals surface area contributed by atoms with Crippen LogP contribution >= 0.6 is 15.9 Å². The van der Waals surface area contributed by atoms with Crippen molar-refractivity contribution in [1.82, 2.24) is 20.5 Å². The predicted octanol–water partition coefficient (Wildman–Crippen LogP) is 5.66. The van der Waals surface area contributed by atoms with Crippen LogP contribution in [-0.4, -0.2) is 62.9 Å². The molecule has 0 spiro atoms. The van der Waals surface area contributed by atoms with Gasteiger partial charge in [0.1, 0.15) is 22.8 Å². The first-order valence-electron chi connectivity index (χ1n) is 13.4. The van der Waals surface area contributed by atoms with Crippen LogP contribution < -0.4 is 20.2 Å². The number of ether oxygens (including phenoxy) is 3. The summed E-state index contributed by atoms with van der Waals surface area (Å²) in [5, 5.41) is 3.69. The SMILES string of the molecule is CC(C)(C)OC(=O)NCN(NC[C@H]1CC[C@H](CNS(=O)(=O)c2ccc(Br)cc2OC(F)(F)F)CC1)C(=O)OC(C)(C)C. The summed E-state index contributed by atoms with van der Waals surface area (Å²) in [7, 11) is -4.27. The molecule has 0 atom stereocenters. The van der Waals surface area contributed by atoms with E-state index in [9.17, 15) is 31.2 Å². The number of sulfonamides is 1. The Morgan fingerprint density at radius 1 is 0.952 bits per heavy atom. The van der Waals surface area contributed by atoms with Crippen molar-refractivity contribution in [1.29, 1.82) is 0 Å².